The lowest BCUT2D eigenvalue weighted by molar-refractivity contribution is 0.411. The number of nitrogens with zero attached hydrogens (tertiary/aromatic N) is 2. The third-order valence-corrected chi connectivity index (χ3v) is 5.85. The Morgan fingerprint density at radius 3 is 2.82 bits per heavy atom. The topological polar surface area (TPSA) is 42.2 Å². The van der Waals surface area contributed by atoms with E-state index >= 15 is 0 Å². The quantitative estimate of drug-likeness (QED) is 0.891. The molecule has 1 atom stereocenters. The molecular formula is C13H21N3S. The third-order valence-electron chi connectivity index (χ3n) is 4.28. The van der Waals surface area contributed by atoms with Crippen molar-refractivity contribution >= 4 is 11.3 Å². The van der Waals surface area contributed by atoms with E-state index in [1.54, 1.807) is 0 Å². The molecule has 1 aromatic heterocycles. The lowest BCUT2D eigenvalue weighted by Crippen LogP contribution is -2.19. The minimum Gasteiger partial charge on any atom is -0.330 e. The van der Waals surface area contributed by atoms with Crippen molar-refractivity contribution in [1.29, 1.82) is 0 Å². The summed E-state index contributed by atoms with van der Waals surface area (Å²) in [4.78, 5) is 8.69. The van der Waals surface area contributed by atoms with Gasteiger partial charge in [-0.2, -0.15) is 0 Å². The smallest absolute Gasteiger partial charge is 0.0975 e. The van der Waals surface area contributed by atoms with Gasteiger partial charge in [-0.15, -0.1) is 11.3 Å². The first kappa shape index (κ1) is 11.6. The van der Waals surface area contributed by atoms with Crippen molar-refractivity contribution < 1.29 is 0 Å². The summed E-state index contributed by atoms with van der Waals surface area (Å²) in [7, 11) is 2.20. The average molecular weight is 251 g/mol. The van der Waals surface area contributed by atoms with Gasteiger partial charge in [0.05, 0.1) is 10.7 Å². The Kier molecular flexibility index (Phi) is 2.76. The molecule has 1 saturated carbocycles. The van der Waals surface area contributed by atoms with Crippen LogP contribution in [0.4, 0.5) is 0 Å². The minimum atomic E-state index is 0.310. The predicted molar refractivity (Wildman–Crippen MR) is 71.7 cm³/mol. The van der Waals surface area contributed by atoms with E-state index in [-0.39, 0.29) is 0 Å². The summed E-state index contributed by atoms with van der Waals surface area (Å²) in [5.41, 5.74) is 7.47. The summed E-state index contributed by atoms with van der Waals surface area (Å²) >= 11 is 1.94. The molecule has 1 aliphatic carbocycles. The normalized spacial score (nSPS) is 27.6. The standard InChI is InChI=1S/C13H21N3S/c1-9-11(13(8-14)4-5-13)17-12(15-9)10-3-6-16(2)7-10/h10H,3-8,14H2,1-2H3. The van der Waals surface area contributed by atoms with Gasteiger partial charge >= 0.3 is 0 Å². The van der Waals surface area contributed by atoms with Crippen molar-refractivity contribution in [1.82, 2.24) is 9.88 Å². The highest BCUT2D eigenvalue weighted by Crippen LogP contribution is 2.51. The Morgan fingerprint density at radius 2 is 2.29 bits per heavy atom. The van der Waals surface area contributed by atoms with Gasteiger partial charge in [0, 0.05) is 29.3 Å². The molecule has 0 radical (unpaired) electrons. The highest BCUT2D eigenvalue weighted by atomic mass is 32.1. The second-order valence-corrected chi connectivity index (χ2v) is 6.73. The first-order valence-electron chi connectivity index (χ1n) is 6.51. The van der Waals surface area contributed by atoms with Gasteiger partial charge in [0.1, 0.15) is 0 Å². The van der Waals surface area contributed by atoms with Crippen LogP contribution < -0.4 is 5.73 Å². The van der Waals surface area contributed by atoms with E-state index in [9.17, 15) is 0 Å². The summed E-state index contributed by atoms with van der Waals surface area (Å²) in [6.07, 6.45) is 3.78. The first-order valence-corrected chi connectivity index (χ1v) is 7.33. The zero-order valence-electron chi connectivity index (χ0n) is 10.7. The van der Waals surface area contributed by atoms with E-state index in [0.29, 0.717) is 11.3 Å². The fraction of sp³-hybridized carbons (Fsp3) is 0.769. The highest BCUT2D eigenvalue weighted by Gasteiger charge is 2.46. The van der Waals surface area contributed by atoms with Gasteiger partial charge < -0.3 is 10.6 Å². The number of likely N-dealkylation sites (N-methyl/N-ethyl adjacent to an activating group) is 1. The van der Waals surface area contributed by atoms with Crippen LogP contribution in [0, 0.1) is 6.92 Å². The Bertz CT molecular complexity index is 422. The van der Waals surface area contributed by atoms with Gasteiger partial charge in [0.2, 0.25) is 0 Å². The van der Waals surface area contributed by atoms with E-state index < -0.39 is 0 Å². The van der Waals surface area contributed by atoms with Crippen molar-refractivity contribution in [3.05, 3.63) is 15.6 Å². The lowest BCUT2D eigenvalue weighted by atomic mass is 10.0. The third kappa shape index (κ3) is 1.92. The SMILES string of the molecule is Cc1nc(C2CCN(C)C2)sc1C1(CN)CC1. The molecule has 4 heteroatoms. The van der Waals surface area contributed by atoms with Crippen LogP contribution in [-0.4, -0.2) is 36.6 Å². The molecule has 1 saturated heterocycles. The zero-order valence-corrected chi connectivity index (χ0v) is 11.5. The van der Waals surface area contributed by atoms with Gasteiger partial charge in [-0.25, -0.2) is 4.98 Å². The number of hydrogen-bond acceptors (Lipinski definition) is 4. The molecule has 0 aromatic carbocycles. The Labute approximate surface area is 107 Å². The Hall–Kier alpha value is -0.450. The van der Waals surface area contributed by atoms with Crippen LogP contribution in [0.5, 0.6) is 0 Å². The maximum Gasteiger partial charge on any atom is 0.0975 e. The second-order valence-electron chi connectivity index (χ2n) is 5.70. The van der Waals surface area contributed by atoms with Gasteiger partial charge in [-0.05, 0) is 39.8 Å². The fourth-order valence-corrected chi connectivity index (χ4v) is 4.34. The zero-order chi connectivity index (χ0) is 12.0. The number of hydrogen-bond donors (Lipinski definition) is 1. The minimum absolute atomic E-state index is 0.310. The number of aryl methyl sites for hydroxylation is 1. The van der Waals surface area contributed by atoms with E-state index in [1.807, 2.05) is 11.3 Å². The number of rotatable bonds is 3. The number of thiazole rings is 1. The van der Waals surface area contributed by atoms with E-state index in [2.05, 4.69) is 18.9 Å². The summed E-state index contributed by atoms with van der Waals surface area (Å²) in [6.45, 7) is 5.33. The van der Waals surface area contributed by atoms with Gasteiger partial charge in [-0.1, -0.05) is 0 Å². The molecule has 17 heavy (non-hydrogen) atoms. The average Bonchev–Trinajstić information content (AvgIpc) is 2.83. The molecule has 0 bridgehead atoms. The van der Waals surface area contributed by atoms with E-state index in [0.717, 1.165) is 6.54 Å². The van der Waals surface area contributed by atoms with Crippen LogP contribution >= 0.6 is 11.3 Å². The summed E-state index contributed by atoms with van der Waals surface area (Å²) in [5.74, 6) is 0.658. The summed E-state index contributed by atoms with van der Waals surface area (Å²) < 4.78 is 0. The van der Waals surface area contributed by atoms with Gasteiger partial charge in [-0.3, -0.25) is 0 Å². The molecule has 2 fully saturated rings. The van der Waals surface area contributed by atoms with Gasteiger partial charge in [0.15, 0.2) is 0 Å². The molecule has 94 valence electrons. The molecule has 3 rings (SSSR count). The molecule has 2 heterocycles. The first-order chi connectivity index (χ1) is 8.14. The van der Waals surface area contributed by atoms with Crippen molar-refractivity contribution in [2.24, 2.45) is 5.73 Å². The second kappa shape index (κ2) is 4.04. The Morgan fingerprint density at radius 1 is 1.53 bits per heavy atom. The van der Waals surface area contributed by atoms with Crippen LogP contribution in [-0.2, 0) is 5.41 Å². The van der Waals surface area contributed by atoms with Crippen LogP contribution in [0.25, 0.3) is 0 Å². The molecule has 1 aliphatic heterocycles. The predicted octanol–water partition coefficient (Wildman–Crippen LogP) is 1.86. The van der Waals surface area contributed by atoms with Crippen molar-refractivity contribution in [3.63, 3.8) is 0 Å². The van der Waals surface area contributed by atoms with E-state index in [4.69, 9.17) is 10.7 Å². The molecule has 0 spiro atoms. The lowest BCUT2D eigenvalue weighted by Gasteiger charge is -2.10. The molecular weight excluding hydrogens is 230 g/mol. The maximum absolute atomic E-state index is 5.93. The maximum atomic E-state index is 5.93. The van der Waals surface area contributed by atoms with Crippen LogP contribution in [0.15, 0.2) is 0 Å². The summed E-state index contributed by atoms with van der Waals surface area (Å²) in [6, 6.07) is 0. The summed E-state index contributed by atoms with van der Waals surface area (Å²) in [5, 5.41) is 1.35. The fourth-order valence-electron chi connectivity index (χ4n) is 2.90. The monoisotopic (exact) mass is 251 g/mol. The highest BCUT2D eigenvalue weighted by molar-refractivity contribution is 7.12. The molecule has 1 unspecified atom stereocenters. The van der Waals surface area contributed by atoms with Crippen molar-refractivity contribution in [2.45, 2.75) is 37.5 Å². The molecule has 3 nitrogen and oxygen atoms in total. The number of likely N-dealkylation sites (tertiary alicyclic amines) is 1. The van der Waals surface area contributed by atoms with Crippen LogP contribution in [0.3, 0.4) is 0 Å². The largest absolute Gasteiger partial charge is 0.330 e. The molecule has 2 N–H and O–H groups in total. The van der Waals surface area contributed by atoms with Crippen molar-refractivity contribution in [2.75, 3.05) is 26.7 Å². The molecule has 0 amide bonds. The van der Waals surface area contributed by atoms with Crippen LogP contribution in [0.2, 0.25) is 0 Å². The van der Waals surface area contributed by atoms with E-state index in [1.165, 1.54) is 47.9 Å². The van der Waals surface area contributed by atoms with Gasteiger partial charge in [0.25, 0.3) is 0 Å². The van der Waals surface area contributed by atoms with Crippen LogP contribution in [0.1, 0.15) is 40.8 Å². The molecule has 1 aromatic rings. The Balaban J connectivity index is 1.86. The number of aromatic nitrogens is 1. The number of nitrogens with two attached hydrogens (primary N) is 1. The van der Waals surface area contributed by atoms with Crippen molar-refractivity contribution in [3.8, 4) is 0 Å². The molecule has 2 aliphatic rings.